The highest BCUT2D eigenvalue weighted by Crippen LogP contribution is 2.21. The fourth-order valence-electron chi connectivity index (χ4n) is 4.81. The van der Waals surface area contributed by atoms with Crippen LogP contribution in [0.1, 0.15) is 45.4 Å². The molecule has 1 atom stereocenters. The molecule has 0 radical (unpaired) electrons. The van der Waals surface area contributed by atoms with Crippen molar-refractivity contribution in [1.29, 1.82) is 0 Å². The maximum absolute atomic E-state index is 13.3. The summed E-state index contributed by atoms with van der Waals surface area (Å²) in [7, 11) is 0. The van der Waals surface area contributed by atoms with Crippen molar-refractivity contribution in [3.8, 4) is 0 Å². The second-order valence-corrected chi connectivity index (χ2v) is 8.98. The molecule has 3 aromatic rings. The van der Waals surface area contributed by atoms with Crippen molar-refractivity contribution < 1.29 is 9.59 Å². The Morgan fingerprint density at radius 2 is 1.64 bits per heavy atom. The minimum Gasteiger partial charge on any atom is -0.356 e. The number of pyridine rings is 1. The number of hydrogen-bond acceptors (Lipinski definition) is 3. The average molecular weight is 448 g/mol. The summed E-state index contributed by atoms with van der Waals surface area (Å²) in [6.07, 6.45) is 6.14. The summed E-state index contributed by atoms with van der Waals surface area (Å²) in [6, 6.07) is 14.9. The van der Waals surface area contributed by atoms with Crippen LogP contribution in [0.2, 0.25) is 0 Å². The van der Waals surface area contributed by atoms with Gasteiger partial charge in [0.25, 0.3) is 0 Å². The number of unbranched alkanes of at least 4 members (excludes halogenated alkanes) is 3. The Morgan fingerprint density at radius 3 is 2.30 bits per heavy atom. The van der Waals surface area contributed by atoms with Crippen LogP contribution < -0.4 is 10.7 Å². The van der Waals surface area contributed by atoms with Crippen LogP contribution >= 0.6 is 0 Å². The average Bonchev–Trinajstić information content (AvgIpc) is 2.86. The van der Waals surface area contributed by atoms with E-state index in [4.69, 9.17) is 0 Å². The Kier molecular flexibility index (Phi) is 7.43. The molecule has 0 spiro atoms. The van der Waals surface area contributed by atoms with Gasteiger partial charge in [0, 0.05) is 30.4 Å². The number of fused-ring (bicyclic) bond motifs is 2. The fourth-order valence-corrected chi connectivity index (χ4v) is 4.81. The quantitative estimate of drug-likeness (QED) is 0.418. The van der Waals surface area contributed by atoms with Crippen LogP contribution in [0.5, 0.6) is 0 Å². The zero-order valence-corrected chi connectivity index (χ0v) is 19.4. The molecule has 0 bridgehead atoms. The van der Waals surface area contributed by atoms with Gasteiger partial charge in [0.1, 0.15) is 6.54 Å². The molecule has 0 aliphatic carbocycles. The zero-order valence-electron chi connectivity index (χ0n) is 19.4. The summed E-state index contributed by atoms with van der Waals surface area (Å²) in [5, 5.41) is 4.29. The van der Waals surface area contributed by atoms with Crippen molar-refractivity contribution in [3.05, 3.63) is 58.8 Å². The first-order valence-corrected chi connectivity index (χ1v) is 12.2. The van der Waals surface area contributed by atoms with E-state index in [0.717, 1.165) is 36.7 Å². The number of carbonyl (C=O) groups excluding carboxylic acids is 2. The van der Waals surface area contributed by atoms with Gasteiger partial charge in [0.05, 0.1) is 17.0 Å². The number of rotatable bonds is 8. The van der Waals surface area contributed by atoms with Crippen LogP contribution in [0.4, 0.5) is 0 Å². The molecule has 1 saturated heterocycles. The Bertz CT molecular complexity index is 1140. The van der Waals surface area contributed by atoms with Gasteiger partial charge in [-0.3, -0.25) is 14.4 Å². The molecule has 1 fully saturated rings. The van der Waals surface area contributed by atoms with Gasteiger partial charge < -0.3 is 14.8 Å². The Balaban J connectivity index is 1.50. The fraction of sp³-hybridized carbons (Fsp3) is 0.444. The first-order chi connectivity index (χ1) is 16.1. The molecule has 2 heterocycles. The molecule has 2 aromatic carbocycles. The maximum atomic E-state index is 13.3. The minimum absolute atomic E-state index is 0.0152. The molecule has 0 saturated carbocycles. The summed E-state index contributed by atoms with van der Waals surface area (Å²) in [6.45, 7) is 4.14. The molecule has 174 valence electrons. The number of benzene rings is 2. The third kappa shape index (κ3) is 5.10. The first-order valence-electron chi connectivity index (χ1n) is 12.2. The van der Waals surface area contributed by atoms with E-state index in [1.54, 1.807) is 0 Å². The van der Waals surface area contributed by atoms with Gasteiger partial charge in [-0.05, 0) is 43.5 Å². The molecule has 33 heavy (non-hydrogen) atoms. The van der Waals surface area contributed by atoms with E-state index in [1.807, 2.05) is 58.0 Å². The monoisotopic (exact) mass is 447 g/mol. The first kappa shape index (κ1) is 23.0. The van der Waals surface area contributed by atoms with Crippen molar-refractivity contribution in [1.82, 2.24) is 14.8 Å². The molecule has 6 nitrogen and oxygen atoms in total. The van der Waals surface area contributed by atoms with Crippen LogP contribution in [0, 0.1) is 5.92 Å². The number of para-hydroxylation sites is 2. The van der Waals surface area contributed by atoms with Gasteiger partial charge in [-0.15, -0.1) is 0 Å². The predicted molar refractivity (Wildman–Crippen MR) is 132 cm³/mol. The van der Waals surface area contributed by atoms with Gasteiger partial charge >= 0.3 is 0 Å². The summed E-state index contributed by atoms with van der Waals surface area (Å²) >= 11 is 0. The van der Waals surface area contributed by atoms with E-state index in [-0.39, 0.29) is 29.7 Å². The lowest BCUT2D eigenvalue weighted by Crippen LogP contribution is -2.46. The van der Waals surface area contributed by atoms with E-state index in [9.17, 15) is 14.4 Å². The normalized spacial score (nSPS) is 16.3. The molecule has 1 unspecified atom stereocenters. The van der Waals surface area contributed by atoms with Gasteiger partial charge in [0.2, 0.25) is 11.8 Å². The van der Waals surface area contributed by atoms with E-state index >= 15 is 0 Å². The number of aromatic nitrogens is 1. The van der Waals surface area contributed by atoms with Crippen LogP contribution in [0.15, 0.2) is 53.3 Å². The smallest absolute Gasteiger partial charge is 0.242 e. The predicted octanol–water partition coefficient (Wildman–Crippen LogP) is 4.09. The Labute approximate surface area is 194 Å². The molecule has 2 amide bonds. The molecule has 1 aromatic heterocycles. The van der Waals surface area contributed by atoms with E-state index in [1.165, 1.54) is 12.8 Å². The van der Waals surface area contributed by atoms with E-state index < -0.39 is 0 Å². The Morgan fingerprint density at radius 1 is 0.970 bits per heavy atom. The van der Waals surface area contributed by atoms with Crippen molar-refractivity contribution in [2.75, 3.05) is 19.6 Å². The number of amides is 2. The highest BCUT2D eigenvalue weighted by Gasteiger charge is 2.28. The zero-order chi connectivity index (χ0) is 23.2. The number of nitrogens with one attached hydrogen (secondary N) is 1. The summed E-state index contributed by atoms with van der Waals surface area (Å²) in [4.78, 5) is 40.7. The number of nitrogens with zero attached hydrogens (tertiary/aromatic N) is 2. The van der Waals surface area contributed by atoms with Crippen molar-refractivity contribution in [3.63, 3.8) is 0 Å². The second-order valence-electron chi connectivity index (χ2n) is 8.98. The molecule has 1 aliphatic rings. The highest BCUT2D eigenvalue weighted by molar-refractivity contribution is 5.95. The SMILES string of the molecule is CCCCCCNC(=O)C1CCCN(C(=O)Cn2c3ccccc3c(=O)c3ccccc32)C1. The van der Waals surface area contributed by atoms with Crippen LogP contribution in [-0.2, 0) is 16.1 Å². The lowest BCUT2D eigenvalue weighted by atomic mass is 9.97. The van der Waals surface area contributed by atoms with Crippen LogP contribution in [0.25, 0.3) is 21.8 Å². The third-order valence-corrected chi connectivity index (χ3v) is 6.65. The van der Waals surface area contributed by atoms with Crippen molar-refractivity contribution in [2.24, 2.45) is 5.92 Å². The summed E-state index contributed by atoms with van der Waals surface area (Å²) in [5.41, 5.74) is 1.50. The molecular formula is C27H33N3O3. The summed E-state index contributed by atoms with van der Waals surface area (Å²) in [5.74, 6) is -0.117. The summed E-state index contributed by atoms with van der Waals surface area (Å²) < 4.78 is 1.94. The molecular weight excluding hydrogens is 414 g/mol. The molecule has 1 aliphatic heterocycles. The lowest BCUT2D eigenvalue weighted by molar-refractivity contribution is -0.136. The lowest BCUT2D eigenvalue weighted by Gasteiger charge is -2.32. The van der Waals surface area contributed by atoms with Gasteiger partial charge in [0.15, 0.2) is 5.43 Å². The van der Waals surface area contributed by atoms with E-state index in [2.05, 4.69) is 12.2 Å². The molecule has 6 heteroatoms. The van der Waals surface area contributed by atoms with Crippen molar-refractivity contribution in [2.45, 2.75) is 52.0 Å². The number of carbonyl (C=O) groups is 2. The molecule has 1 N–H and O–H groups in total. The van der Waals surface area contributed by atoms with E-state index in [0.29, 0.717) is 30.4 Å². The van der Waals surface area contributed by atoms with Gasteiger partial charge in [-0.1, -0.05) is 50.5 Å². The molecule has 4 rings (SSSR count). The number of likely N-dealkylation sites (tertiary alicyclic amines) is 1. The largest absolute Gasteiger partial charge is 0.356 e. The van der Waals surface area contributed by atoms with Crippen LogP contribution in [-0.4, -0.2) is 40.9 Å². The second kappa shape index (κ2) is 10.6. The third-order valence-electron chi connectivity index (χ3n) is 6.65. The van der Waals surface area contributed by atoms with Gasteiger partial charge in [-0.2, -0.15) is 0 Å². The Hall–Kier alpha value is -3.15. The maximum Gasteiger partial charge on any atom is 0.242 e. The highest BCUT2D eigenvalue weighted by atomic mass is 16.2. The minimum atomic E-state index is -0.156. The van der Waals surface area contributed by atoms with Crippen LogP contribution in [0.3, 0.4) is 0 Å². The van der Waals surface area contributed by atoms with Gasteiger partial charge in [-0.25, -0.2) is 0 Å². The topological polar surface area (TPSA) is 71.4 Å². The number of piperidine rings is 1. The number of hydrogen-bond donors (Lipinski definition) is 1. The standard InChI is InChI=1S/C27H33N3O3/c1-2-3-4-9-16-28-27(33)20-11-10-17-29(18-20)25(31)19-30-23-14-7-5-12-21(23)26(32)22-13-6-8-15-24(22)30/h5-8,12-15,20H,2-4,9-11,16-19H2,1H3,(H,28,33). The van der Waals surface area contributed by atoms with Crippen molar-refractivity contribution >= 4 is 33.6 Å².